The lowest BCUT2D eigenvalue weighted by atomic mass is 9.61. The molecule has 1 N–H and O–H groups in total. The fourth-order valence-corrected chi connectivity index (χ4v) is 5.61. The number of rotatable bonds is 2. The van der Waals surface area contributed by atoms with E-state index in [0.29, 0.717) is 23.9 Å². The van der Waals surface area contributed by atoms with E-state index in [2.05, 4.69) is 5.32 Å². The van der Waals surface area contributed by atoms with Gasteiger partial charge in [0.1, 0.15) is 18.2 Å². The molecule has 7 nitrogen and oxygen atoms in total. The summed E-state index contributed by atoms with van der Waals surface area (Å²) in [6.07, 6.45) is 4.61. The molecule has 1 aromatic rings. The second-order valence-corrected chi connectivity index (χ2v) is 9.66. The molecular formula is C22H27ClFN3O4. The van der Waals surface area contributed by atoms with Crippen molar-refractivity contribution in [3.05, 3.63) is 29.0 Å². The molecule has 1 spiro atoms. The molecule has 3 heterocycles. The van der Waals surface area contributed by atoms with Crippen LogP contribution >= 0.6 is 11.6 Å². The largest absolute Gasteiger partial charge is 0.489 e. The molecule has 4 fully saturated rings. The average Bonchev–Trinajstić information content (AvgIpc) is 2.74. The Hall–Kier alpha value is -2.06. The lowest BCUT2D eigenvalue weighted by Crippen LogP contribution is -2.63. The van der Waals surface area contributed by atoms with Crippen LogP contribution in [-0.2, 0) is 9.53 Å². The molecule has 1 aliphatic carbocycles. The van der Waals surface area contributed by atoms with Gasteiger partial charge in [-0.15, -0.1) is 0 Å². The molecule has 2 atom stereocenters. The van der Waals surface area contributed by atoms with E-state index < -0.39 is 0 Å². The highest BCUT2D eigenvalue weighted by atomic mass is 35.5. The van der Waals surface area contributed by atoms with Gasteiger partial charge in [-0.1, -0.05) is 11.6 Å². The Labute approximate surface area is 185 Å². The summed E-state index contributed by atoms with van der Waals surface area (Å²) in [4.78, 5) is 28.4. The van der Waals surface area contributed by atoms with Crippen molar-refractivity contribution in [1.29, 1.82) is 0 Å². The van der Waals surface area contributed by atoms with Crippen LogP contribution in [0.1, 0.15) is 32.1 Å². The van der Waals surface area contributed by atoms with Gasteiger partial charge >= 0.3 is 6.03 Å². The Balaban J connectivity index is 1.10. The van der Waals surface area contributed by atoms with E-state index in [1.165, 1.54) is 12.1 Å². The molecule has 1 aromatic carbocycles. The molecule has 3 amide bonds. The predicted molar refractivity (Wildman–Crippen MR) is 112 cm³/mol. The lowest BCUT2D eigenvalue weighted by molar-refractivity contribution is -0.139. The van der Waals surface area contributed by atoms with Gasteiger partial charge in [0.25, 0.3) is 0 Å². The maximum Gasteiger partial charge on any atom is 0.320 e. The smallest absolute Gasteiger partial charge is 0.320 e. The van der Waals surface area contributed by atoms with Crippen molar-refractivity contribution >= 4 is 23.5 Å². The maximum absolute atomic E-state index is 13.2. The summed E-state index contributed by atoms with van der Waals surface area (Å²) < 4.78 is 24.7. The molecule has 5 rings (SSSR count). The Morgan fingerprint density at radius 1 is 1.23 bits per heavy atom. The lowest BCUT2D eigenvalue weighted by Gasteiger charge is -2.52. The molecular weight excluding hydrogens is 425 g/mol. The Morgan fingerprint density at radius 2 is 2.00 bits per heavy atom. The van der Waals surface area contributed by atoms with Gasteiger partial charge in [-0.05, 0) is 55.7 Å². The molecule has 1 saturated carbocycles. The minimum atomic E-state index is -0.373. The number of morpholine rings is 1. The van der Waals surface area contributed by atoms with Crippen LogP contribution in [-0.4, -0.2) is 72.8 Å². The van der Waals surface area contributed by atoms with Gasteiger partial charge in [-0.3, -0.25) is 4.79 Å². The number of carbonyl (C=O) groups is 2. The minimum absolute atomic E-state index is 0.00731. The normalized spacial score (nSPS) is 28.0. The van der Waals surface area contributed by atoms with E-state index in [1.54, 1.807) is 6.07 Å². The predicted octanol–water partition coefficient (Wildman–Crippen LogP) is 2.81. The molecule has 0 bridgehead atoms. The number of carbonyl (C=O) groups excluding carboxylic acids is 2. The van der Waals surface area contributed by atoms with Gasteiger partial charge < -0.3 is 24.6 Å². The Bertz CT molecular complexity index is 868. The van der Waals surface area contributed by atoms with Gasteiger partial charge in [0.15, 0.2) is 0 Å². The minimum Gasteiger partial charge on any atom is -0.489 e. The van der Waals surface area contributed by atoms with Gasteiger partial charge in [-0.2, -0.15) is 0 Å². The highest BCUT2D eigenvalue weighted by molar-refractivity contribution is 6.32. The number of piperidine rings is 2. The van der Waals surface area contributed by atoms with E-state index in [9.17, 15) is 14.0 Å². The third kappa shape index (κ3) is 4.20. The number of amides is 3. The standard InChI is InChI=1S/C22H27ClFN3O4/c23-16-9-14(24)1-2-18(16)31-15-10-22(11-15)4-7-26(8-5-22)21(29)27-6-3-19-17(12-27)25-20(28)13-30-19/h1-2,9,15,17,19H,3-8,10-13H2,(H,25,28)/t17-,19+/m1/s1. The van der Waals surface area contributed by atoms with Gasteiger partial charge in [0, 0.05) is 26.2 Å². The van der Waals surface area contributed by atoms with E-state index in [4.69, 9.17) is 21.1 Å². The number of halogens is 2. The number of nitrogens with one attached hydrogen (secondary N) is 1. The Kier molecular flexibility index (Phi) is 5.46. The second-order valence-electron chi connectivity index (χ2n) is 9.25. The van der Waals surface area contributed by atoms with Crippen LogP contribution < -0.4 is 10.1 Å². The SMILES string of the molecule is O=C1CO[C@H]2CCN(C(=O)N3CCC4(CC3)CC(Oc3ccc(F)cc3Cl)C4)C[C@H]2N1. The highest BCUT2D eigenvalue weighted by Gasteiger charge is 2.48. The molecule has 9 heteroatoms. The van der Waals surface area contributed by atoms with Crippen LogP contribution in [0.15, 0.2) is 18.2 Å². The number of hydrogen-bond acceptors (Lipinski definition) is 4. The zero-order valence-electron chi connectivity index (χ0n) is 17.3. The summed E-state index contributed by atoms with van der Waals surface area (Å²) in [5.41, 5.74) is 0.214. The molecule has 0 unspecified atom stereocenters. The van der Waals surface area contributed by atoms with Crippen molar-refractivity contribution in [2.45, 2.75) is 50.4 Å². The van der Waals surface area contributed by atoms with Crippen LogP contribution in [0.3, 0.4) is 0 Å². The summed E-state index contributed by atoms with van der Waals surface area (Å²) in [5, 5.41) is 3.24. The molecule has 31 heavy (non-hydrogen) atoms. The van der Waals surface area contributed by atoms with Crippen LogP contribution in [0, 0.1) is 11.2 Å². The number of ether oxygens (including phenoxy) is 2. The van der Waals surface area contributed by atoms with Crippen LogP contribution in [0.4, 0.5) is 9.18 Å². The van der Waals surface area contributed by atoms with Gasteiger partial charge in [0.2, 0.25) is 5.91 Å². The number of benzene rings is 1. The van der Waals surface area contributed by atoms with Gasteiger partial charge in [0.05, 0.1) is 23.3 Å². The summed E-state index contributed by atoms with van der Waals surface area (Å²) in [6.45, 7) is 2.74. The number of urea groups is 1. The first-order valence-corrected chi connectivity index (χ1v) is 11.4. The number of nitrogens with zero attached hydrogens (tertiary/aromatic N) is 2. The molecule has 0 aromatic heterocycles. The van der Waals surface area contributed by atoms with E-state index in [-0.39, 0.29) is 48.0 Å². The monoisotopic (exact) mass is 451 g/mol. The number of hydrogen-bond donors (Lipinski definition) is 1. The van der Waals surface area contributed by atoms with Crippen LogP contribution in [0.5, 0.6) is 5.75 Å². The molecule has 4 aliphatic rings. The second kappa shape index (κ2) is 8.13. The third-order valence-electron chi connectivity index (χ3n) is 7.20. The zero-order chi connectivity index (χ0) is 21.6. The fourth-order valence-electron chi connectivity index (χ4n) is 5.39. The first kappa shape index (κ1) is 20.8. The summed E-state index contributed by atoms with van der Waals surface area (Å²) in [5.74, 6) is 0.0407. The molecule has 3 aliphatic heterocycles. The Morgan fingerprint density at radius 3 is 2.74 bits per heavy atom. The van der Waals surface area contributed by atoms with Gasteiger partial charge in [-0.25, -0.2) is 9.18 Å². The van der Waals surface area contributed by atoms with Crippen LogP contribution in [0.25, 0.3) is 0 Å². The summed E-state index contributed by atoms with van der Waals surface area (Å²) in [6, 6.07) is 4.14. The fraction of sp³-hybridized carbons (Fsp3) is 0.636. The van der Waals surface area contributed by atoms with Crippen molar-refractivity contribution in [1.82, 2.24) is 15.1 Å². The van der Waals surface area contributed by atoms with E-state index in [1.807, 2.05) is 9.80 Å². The molecule has 168 valence electrons. The van der Waals surface area contributed by atoms with Crippen molar-refractivity contribution < 1.29 is 23.5 Å². The quantitative estimate of drug-likeness (QED) is 0.750. The summed E-state index contributed by atoms with van der Waals surface area (Å²) in [7, 11) is 0. The molecule has 3 saturated heterocycles. The third-order valence-corrected chi connectivity index (χ3v) is 7.49. The van der Waals surface area contributed by atoms with Crippen molar-refractivity contribution in [2.24, 2.45) is 5.41 Å². The first-order valence-electron chi connectivity index (χ1n) is 11.0. The van der Waals surface area contributed by atoms with Crippen LogP contribution in [0.2, 0.25) is 5.02 Å². The molecule has 0 radical (unpaired) electrons. The van der Waals surface area contributed by atoms with E-state index >= 15 is 0 Å². The van der Waals surface area contributed by atoms with E-state index in [0.717, 1.165) is 45.2 Å². The number of fused-ring (bicyclic) bond motifs is 1. The average molecular weight is 452 g/mol. The number of likely N-dealkylation sites (tertiary alicyclic amines) is 2. The maximum atomic E-state index is 13.2. The van der Waals surface area contributed by atoms with Crippen molar-refractivity contribution in [3.63, 3.8) is 0 Å². The topological polar surface area (TPSA) is 71.1 Å². The van der Waals surface area contributed by atoms with Crippen molar-refractivity contribution in [3.8, 4) is 5.75 Å². The van der Waals surface area contributed by atoms with Crippen molar-refractivity contribution in [2.75, 3.05) is 32.8 Å². The highest BCUT2D eigenvalue weighted by Crippen LogP contribution is 2.50. The summed E-state index contributed by atoms with van der Waals surface area (Å²) >= 11 is 6.07. The first-order chi connectivity index (χ1) is 14.9. The zero-order valence-corrected chi connectivity index (χ0v) is 18.1.